The molecule has 0 amide bonds. The summed E-state index contributed by atoms with van der Waals surface area (Å²) in [7, 11) is -2.18. The summed E-state index contributed by atoms with van der Waals surface area (Å²) in [6.07, 6.45) is 0. The summed E-state index contributed by atoms with van der Waals surface area (Å²) in [4.78, 5) is 21.1. The molecule has 0 radical (unpaired) electrons. The average molecular weight is 200 g/mol. The fourth-order valence-electron chi connectivity index (χ4n) is 1.12. The largest absolute Gasteiger partial charge is 0.546 e. The van der Waals surface area contributed by atoms with E-state index in [1.807, 2.05) is 0 Å². The van der Waals surface area contributed by atoms with Gasteiger partial charge in [0.2, 0.25) is 0 Å². The third-order valence-electron chi connectivity index (χ3n) is 1.64. The van der Waals surface area contributed by atoms with Crippen LogP contribution in [0.3, 0.4) is 0 Å². The fourth-order valence-corrected chi connectivity index (χ4v) is 2.96. The van der Waals surface area contributed by atoms with Crippen LogP contribution < -0.4 is 10.2 Å². The van der Waals surface area contributed by atoms with Crippen LogP contribution in [-0.4, -0.2) is 20.0 Å². The van der Waals surface area contributed by atoms with Gasteiger partial charge in [0.05, 0.1) is 20.0 Å². The van der Waals surface area contributed by atoms with Gasteiger partial charge in [-0.1, -0.05) is 19.6 Å². The smallest absolute Gasteiger partial charge is 0.0804 e. The van der Waals surface area contributed by atoms with Crippen LogP contribution in [0.25, 0.3) is 0 Å². The lowest BCUT2D eigenvalue weighted by atomic mass is 10.3. The van der Waals surface area contributed by atoms with Gasteiger partial charge in [-0.15, -0.1) is 0 Å². The Bertz CT molecular complexity index is 272. The molecule has 0 spiro atoms. The molecule has 0 aliphatic heterocycles. The molecule has 0 fully saturated rings. The highest BCUT2D eigenvalue weighted by atomic mass is 28.3. The Morgan fingerprint density at radius 2 is 1.38 bits per heavy atom. The molecule has 5 heteroatoms. The first-order valence-corrected chi connectivity index (χ1v) is 7.32. The number of carboxylic acids is 2. The average Bonchev–Trinajstić information content (AvgIpc) is 1.82. The van der Waals surface area contributed by atoms with E-state index < -0.39 is 20.0 Å². The quantitative estimate of drug-likeness (QED) is 0.418. The van der Waals surface area contributed by atoms with Gasteiger partial charge in [-0.2, -0.15) is 0 Å². The number of rotatable bonds is 3. The predicted molar refractivity (Wildman–Crippen MR) is 46.1 cm³/mol. The molecule has 4 nitrogen and oxygen atoms in total. The zero-order valence-electron chi connectivity index (χ0n) is 8.13. The van der Waals surface area contributed by atoms with Crippen LogP contribution in [0.2, 0.25) is 19.6 Å². The van der Waals surface area contributed by atoms with E-state index in [4.69, 9.17) is 0 Å². The predicted octanol–water partition coefficient (Wildman–Crippen LogP) is -1.32. The molecule has 0 heterocycles. The number of hydrogen-bond donors (Lipinski definition) is 0. The van der Waals surface area contributed by atoms with Crippen LogP contribution in [-0.2, 0) is 9.59 Å². The third kappa shape index (κ3) is 3.02. The zero-order valence-corrected chi connectivity index (χ0v) is 9.13. The van der Waals surface area contributed by atoms with E-state index in [1.165, 1.54) is 6.92 Å². The maximum absolute atomic E-state index is 10.7. The van der Waals surface area contributed by atoms with Crippen LogP contribution in [0.5, 0.6) is 0 Å². The molecule has 13 heavy (non-hydrogen) atoms. The summed E-state index contributed by atoms with van der Waals surface area (Å²) in [5, 5.41) is 21.0. The first-order chi connectivity index (χ1) is 5.68. The molecule has 0 aromatic heterocycles. The lowest BCUT2D eigenvalue weighted by Gasteiger charge is -2.25. The molecule has 0 bridgehead atoms. The van der Waals surface area contributed by atoms with Crippen molar-refractivity contribution in [1.29, 1.82) is 0 Å². The Hall–Kier alpha value is -1.10. The molecule has 0 aliphatic carbocycles. The van der Waals surface area contributed by atoms with E-state index in [2.05, 4.69) is 0 Å². The molecule has 0 saturated heterocycles. The number of hydrogen-bond acceptors (Lipinski definition) is 4. The van der Waals surface area contributed by atoms with Crippen molar-refractivity contribution in [2.75, 3.05) is 0 Å². The number of carbonyl (C=O) groups excluding carboxylic acids is 2. The fraction of sp³-hybridized carbons (Fsp3) is 0.500. The van der Waals surface area contributed by atoms with E-state index in [9.17, 15) is 19.8 Å². The van der Waals surface area contributed by atoms with Crippen LogP contribution in [0.1, 0.15) is 6.92 Å². The van der Waals surface area contributed by atoms with Gasteiger partial charge in [-0.25, -0.2) is 0 Å². The second kappa shape index (κ2) is 3.74. The van der Waals surface area contributed by atoms with Crippen molar-refractivity contribution in [1.82, 2.24) is 0 Å². The lowest BCUT2D eigenvalue weighted by Crippen LogP contribution is -2.41. The van der Waals surface area contributed by atoms with Gasteiger partial charge < -0.3 is 19.8 Å². The van der Waals surface area contributed by atoms with Crippen molar-refractivity contribution in [3.05, 3.63) is 10.8 Å². The lowest BCUT2D eigenvalue weighted by molar-refractivity contribution is -0.303. The van der Waals surface area contributed by atoms with Gasteiger partial charge >= 0.3 is 0 Å². The minimum atomic E-state index is -2.18. The summed E-state index contributed by atoms with van der Waals surface area (Å²) in [6, 6.07) is 0. The molecule has 0 aromatic rings. The second-order valence-corrected chi connectivity index (χ2v) is 8.82. The molecule has 0 unspecified atom stereocenters. The Kier molecular flexibility index (Phi) is 3.42. The summed E-state index contributed by atoms with van der Waals surface area (Å²) >= 11 is 0. The second-order valence-electron chi connectivity index (χ2n) is 3.82. The molecule has 0 rings (SSSR count). The van der Waals surface area contributed by atoms with Crippen LogP contribution in [0.15, 0.2) is 10.8 Å². The van der Waals surface area contributed by atoms with Gasteiger partial charge in [-0.3, -0.25) is 0 Å². The summed E-state index contributed by atoms with van der Waals surface area (Å²) in [6.45, 7) is 6.46. The highest BCUT2D eigenvalue weighted by molar-refractivity contribution is 6.87. The summed E-state index contributed by atoms with van der Waals surface area (Å²) in [5.41, 5.74) is -0.223. The van der Waals surface area contributed by atoms with Gasteiger partial charge in [0.1, 0.15) is 0 Å². The zero-order chi connectivity index (χ0) is 10.8. The number of carboxylic acid groups (broad SMARTS) is 2. The van der Waals surface area contributed by atoms with Crippen molar-refractivity contribution < 1.29 is 19.8 Å². The minimum absolute atomic E-state index is 0.0903. The monoisotopic (exact) mass is 200 g/mol. The van der Waals surface area contributed by atoms with E-state index in [0.717, 1.165) is 0 Å². The Morgan fingerprint density at radius 1 is 1.00 bits per heavy atom. The van der Waals surface area contributed by atoms with Crippen LogP contribution >= 0.6 is 0 Å². The molecule has 74 valence electrons. The first kappa shape index (κ1) is 11.9. The van der Waals surface area contributed by atoms with Crippen molar-refractivity contribution in [2.45, 2.75) is 26.6 Å². The maximum Gasteiger partial charge on any atom is 0.0804 e. The van der Waals surface area contributed by atoms with Crippen molar-refractivity contribution in [2.24, 2.45) is 0 Å². The van der Waals surface area contributed by atoms with Gasteiger partial charge in [0.15, 0.2) is 0 Å². The molecular formula is C8H12O4Si-2. The third-order valence-corrected chi connectivity index (χ3v) is 3.71. The first-order valence-electron chi connectivity index (χ1n) is 3.82. The van der Waals surface area contributed by atoms with Crippen molar-refractivity contribution >= 4 is 20.0 Å². The molecule has 0 atom stereocenters. The van der Waals surface area contributed by atoms with Crippen LogP contribution in [0.4, 0.5) is 0 Å². The number of aliphatic carboxylic acids is 2. The SMILES string of the molecule is C/C(C(=O)[O-])=C(\C(=O)[O-])[Si](C)(C)C. The van der Waals surface area contributed by atoms with E-state index in [-0.39, 0.29) is 10.8 Å². The minimum Gasteiger partial charge on any atom is -0.546 e. The standard InChI is InChI=1S/C8H14O4Si/c1-5(7(9)10)6(8(11)12)13(2,3)4/h1-4H3,(H,9,10)(H,11,12)/p-2/b6-5-. The van der Waals surface area contributed by atoms with E-state index in [1.54, 1.807) is 19.6 Å². The van der Waals surface area contributed by atoms with Gasteiger partial charge in [0.25, 0.3) is 0 Å². The molecule has 0 aromatic carbocycles. The summed E-state index contributed by atoms with van der Waals surface area (Å²) < 4.78 is 0. The number of carbonyl (C=O) groups is 2. The molecule has 0 N–H and O–H groups in total. The van der Waals surface area contributed by atoms with E-state index >= 15 is 0 Å². The molecule has 0 saturated carbocycles. The van der Waals surface area contributed by atoms with E-state index in [0.29, 0.717) is 0 Å². The molecular weight excluding hydrogens is 188 g/mol. The van der Waals surface area contributed by atoms with Crippen LogP contribution in [0, 0.1) is 0 Å². The highest BCUT2D eigenvalue weighted by Gasteiger charge is 2.23. The van der Waals surface area contributed by atoms with Gasteiger partial charge in [-0.05, 0) is 17.7 Å². The maximum atomic E-state index is 10.7. The normalized spacial score (nSPS) is 13.5. The molecule has 0 aliphatic rings. The van der Waals surface area contributed by atoms with Crippen molar-refractivity contribution in [3.8, 4) is 0 Å². The highest BCUT2D eigenvalue weighted by Crippen LogP contribution is 2.17. The Morgan fingerprint density at radius 3 is 1.46 bits per heavy atom. The Labute approximate surface area is 77.9 Å². The van der Waals surface area contributed by atoms with Crippen molar-refractivity contribution in [3.63, 3.8) is 0 Å². The Balaban J connectivity index is 5.40. The van der Waals surface area contributed by atoms with Gasteiger partial charge in [0, 0.05) is 0 Å². The topological polar surface area (TPSA) is 80.3 Å². The summed E-state index contributed by atoms with van der Waals surface area (Å²) in [5.74, 6) is -2.84.